The highest BCUT2D eigenvalue weighted by atomic mass is 16.5. The molecule has 0 aliphatic rings. The molecule has 2 N–H and O–H groups in total. The van der Waals surface area contributed by atoms with Gasteiger partial charge in [-0.05, 0) is 20.3 Å². The van der Waals surface area contributed by atoms with E-state index >= 15 is 0 Å². The number of carbonyl (C=O) groups is 2. The summed E-state index contributed by atoms with van der Waals surface area (Å²) in [4.78, 5) is 23.5. The molecule has 1 aromatic rings. The number of aliphatic carboxylic acids is 1. The lowest BCUT2D eigenvalue weighted by molar-refractivity contribution is -0.140. The molecule has 7 heteroatoms. The largest absolute Gasteiger partial charge is 0.480 e. The minimum absolute atomic E-state index is 0.117. The van der Waals surface area contributed by atoms with Crippen LogP contribution in [0.5, 0.6) is 0 Å². The number of carboxylic acids is 1. The molecular formula is C15H23N3O4. The Morgan fingerprint density at radius 2 is 2.18 bits per heavy atom. The first-order valence-corrected chi connectivity index (χ1v) is 7.18. The molecule has 1 atom stereocenters. The van der Waals surface area contributed by atoms with E-state index in [-0.39, 0.29) is 13.2 Å². The molecule has 7 nitrogen and oxygen atoms in total. The van der Waals surface area contributed by atoms with Crippen molar-refractivity contribution in [3.8, 4) is 0 Å². The first-order valence-electron chi connectivity index (χ1n) is 7.18. The van der Waals surface area contributed by atoms with Gasteiger partial charge in [-0.1, -0.05) is 13.0 Å². The molecule has 0 spiro atoms. The zero-order valence-corrected chi connectivity index (χ0v) is 13.3. The van der Waals surface area contributed by atoms with Crippen molar-refractivity contribution in [2.45, 2.75) is 39.8 Å². The Kier molecular flexibility index (Phi) is 6.78. The lowest BCUT2D eigenvalue weighted by Crippen LogP contribution is -2.44. The smallest absolute Gasteiger partial charge is 0.328 e. The molecule has 0 aliphatic heterocycles. The number of carboxylic acid groups (broad SMARTS) is 1. The minimum atomic E-state index is -1.14. The number of amides is 1. The Balaban J connectivity index is 2.86. The van der Waals surface area contributed by atoms with E-state index in [2.05, 4.69) is 17.0 Å². The van der Waals surface area contributed by atoms with Crippen LogP contribution in [0.3, 0.4) is 0 Å². The van der Waals surface area contributed by atoms with Crippen LogP contribution in [0.25, 0.3) is 0 Å². The fourth-order valence-corrected chi connectivity index (χ4v) is 2.13. The van der Waals surface area contributed by atoms with Gasteiger partial charge in [-0.25, -0.2) is 4.79 Å². The van der Waals surface area contributed by atoms with Gasteiger partial charge in [0.1, 0.15) is 0 Å². The lowest BCUT2D eigenvalue weighted by Gasteiger charge is -2.14. The van der Waals surface area contributed by atoms with Crippen LogP contribution in [0.2, 0.25) is 0 Å². The molecule has 1 rings (SSSR count). The molecule has 1 aromatic heterocycles. The van der Waals surface area contributed by atoms with Crippen LogP contribution in [0.1, 0.15) is 35.1 Å². The molecule has 0 saturated carbocycles. The van der Waals surface area contributed by atoms with E-state index in [0.717, 1.165) is 12.1 Å². The van der Waals surface area contributed by atoms with Gasteiger partial charge in [0, 0.05) is 12.2 Å². The lowest BCUT2D eigenvalue weighted by atomic mass is 10.1. The van der Waals surface area contributed by atoms with E-state index in [1.165, 1.54) is 6.08 Å². The van der Waals surface area contributed by atoms with Crippen molar-refractivity contribution >= 4 is 11.9 Å². The number of rotatable bonds is 9. The molecule has 0 saturated heterocycles. The standard InChI is InChI=1S/C15H23N3O4/c1-5-7-18-11(4)13(10(3)17-18)14(19)16-12(15(20)21)9-22-8-6-2/h6,12H,2,5,7-9H2,1,3-4H3,(H,16,19)(H,20,21). The third-order valence-corrected chi connectivity index (χ3v) is 3.17. The molecule has 1 unspecified atom stereocenters. The highest BCUT2D eigenvalue weighted by Gasteiger charge is 2.24. The fourth-order valence-electron chi connectivity index (χ4n) is 2.13. The number of aryl methyl sites for hydroxylation is 2. The van der Waals surface area contributed by atoms with E-state index in [1.807, 2.05) is 6.92 Å². The number of nitrogens with zero attached hydrogens (tertiary/aromatic N) is 2. The zero-order valence-electron chi connectivity index (χ0n) is 13.3. The molecule has 1 heterocycles. The van der Waals surface area contributed by atoms with Gasteiger partial charge in [0.15, 0.2) is 6.04 Å². The monoisotopic (exact) mass is 309 g/mol. The Labute approximate surface area is 130 Å². The maximum absolute atomic E-state index is 12.3. The van der Waals surface area contributed by atoms with E-state index in [1.54, 1.807) is 18.5 Å². The van der Waals surface area contributed by atoms with Crippen LogP contribution in [-0.4, -0.2) is 46.0 Å². The van der Waals surface area contributed by atoms with Crippen LogP contribution >= 0.6 is 0 Å². The van der Waals surface area contributed by atoms with Crippen molar-refractivity contribution in [2.75, 3.05) is 13.2 Å². The summed E-state index contributed by atoms with van der Waals surface area (Å²) in [5, 5.41) is 15.9. The molecule has 22 heavy (non-hydrogen) atoms. The topological polar surface area (TPSA) is 93.5 Å². The summed E-state index contributed by atoms with van der Waals surface area (Å²) in [7, 11) is 0. The number of hydrogen-bond donors (Lipinski definition) is 2. The van der Waals surface area contributed by atoms with Crippen LogP contribution in [0.15, 0.2) is 12.7 Å². The van der Waals surface area contributed by atoms with Gasteiger partial charge in [-0.15, -0.1) is 6.58 Å². The second-order valence-electron chi connectivity index (χ2n) is 4.96. The summed E-state index contributed by atoms with van der Waals surface area (Å²) in [6.45, 7) is 9.86. The Bertz CT molecular complexity index is 551. The minimum Gasteiger partial charge on any atom is -0.480 e. The third kappa shape index (κ3) is 4.42. The molecule has 0 bridgehead atoms. The SMILES string of the molecule is C=CCOCC(NC(=O)c1c(C)nn(CCC)c1C)C(=O)O. The summed E-state index contributed by atoms with van der Waals surface area (Å²) in [6, 6.07) is -1.11. The zero-order chi connectivity index (χ0) is 16.7. The van der Waals surface area contributed by atoms with Gasteiger partial charge in [-0.3, -0.25) is 9.48 Å². The second-order valence-corrected chi connectivity index (χ2v) is 4.96. The quantitative estimate of drug-likeness (QED) is 0.529. The summed E-state index contributed by atoms with van der Waals surface area (Å²) in [6.07, 6.45) is 2.42. The maximum Gasteiger partial charge on any atom is 0.328 e. The molecule has 1 amide bonds. The van der Waals surface area contributed by atoms with Gasteiger partial charge in [0.25, 0.3) is 5.91 Å². The van der Waals surface area contributed by atoms with E-state index in [0.29, 0.717) is 17.8 Å². The normalized spacial score (nSPS) is 12.0. The van der Waals surface area contributed by atoms with Gasteiger partial charge in [0.05, 0.1) is 24.5 Å². The molecule has 0 aliphatic carbocycles. The maximum atomic E-state index is 12.3. The predicted molar refractivity (Wildman–Crippen MR) is 81.9 cm³/mol. The van der Waals surface area contributed by atoms with Crippen molar-refractivity contribution in [3.05, 3.63) is 29.6 Å². The van der Waals surface area contributed by atoms with Crippen LogP contribution < -0.4 is 5.32 Å². The number of nitrogens with one attached hydrogen (secondary N) is 1. The number of ether oxygens (including phenoxy) is 1. The third-order valence-electron chi connectivity index (χ3n) is 3.17. The van der Waals surface area contributed by atoms with Crippen molar-refractivity contribution < 1.29 is 19.4 Å². The average molecular weight is 309 g/mol. The number of aromatic nitrogens is 2. The molecular weight excluding hydrogens is 286 g/mol. The second kappa shape index (κ2) is 8.33. The Morgan fingerprint density at radius 3 is 2.73 bits per heavy atom. The summed E-state index contributed by atoms with van der Waals surface area (Å²) in [5.41, 5.74) is 1.73. The first-order chi connectivity index (χ1) is 10.4. The summed E-state index contributed by atoms with van der Waals surface area (Å²) < 4.78 is 6.87. The van der Waals surface area contributed by atoms with E-state index in [4.69, 9.17) is 9.84 Å². The van der Waals surface area contributed by atoms with Crippen molar-refractivity contribution in [1.82, 2.24) is 15.1 Å². The predicted octanol–water partition coefficient (Wildman–Crippen LogP) is 1.30. The van der Waals surface area contributed by atoms with Gasteiger partial charge >= 0.3 is 5.97 Å². The molecule has 0 aromatic carbocycles. The van der Waals surface area contributed by atoms with Crippen LogP contribution in [0, 0.1) is 13.8 Å². The number of carbonyl (C=O) groups excluding carboxylic acids is 1. The Hall–Kier alpha value is -2.15. The summed E-state index contributed by atoms with van der Waals surface area (Å²) in [5.74, 6) is -1.60. The van der Waals surface area contributed by atoms with Crippen LogP contribution in [-0.2, 0) is 16.1 Å². The van der Waals surface area contributed by atoms with Gasteiger partial charge in [0.2, 0.25) is 0 Å². The van der Waals surface area contributed by atoms with Crippen LogP contribution in [0.4, 0.5) is 0 Å². The number of hydrogen-bond acceptors (Lipinski definition) is 4. The average Bonchev–Trinajstić information content (AvgIpc) is 2.72. The highest BCUT2D eigenvalue weighted by Crippen LogP contribution is 2.13. The van der Waals surface area contributed by atoms with Gasteiger partial charge in [-0.2, -0.15) is 5.10 Å². The van der Waals surface area contributed by atoms with Crippen molar-refractivity contribution in [1.29, 1.82) is 0 Å². The van der Waals surface area contributed by atoms with Crippen molar-refractivity contribution in [3.63, 3.8) is 0 Å². The van der Waals surface area contributed by atoms with E-state index < -0.39 is 17.9 Å². The highest BCUT2D eigenvalue weighted by molar-refractivity contribution is 5.98. The summed E-state index contributed by atoms with van der Waals surface area (Å²) >= 11 is 0. The van der Waals surface area contributed by atoms with Crippen molar-refractivity contribution in [2.24, 2.45) is 0 Å². The first kappa shape index (κ1) is 17.9. The fraction of sp³-hybridized carbons (Fsp3) is 0.533. The molecule has 0 fully saturated rings. The van der Waals surface area contributed by atoms with E-state index in [9.17, 15) is 9.59 Å². The molecule has 0 radical (unpaired) electrons. The molecule has 122 valence electrons. The van der Waals surface area contributed by atoms with Gasteiger partial charge < -0.3 is 15.2 Å². The Morgan fingerprint density at radius 1 is 1.50 bits per heavy atom.